The molecule has 0 aliphatic heterocycles. The summed E-state index contributed by atoms with van der Waals surface area (Å²) in [6.45, 7) is 5.31. The van der Waals surface area contributed by atoms with E-state index in [0.29, 0.717) is 0 Å². The molecule has 0 aromatic heterocycles. The number of unbranched alkanes of at least 4 members (excludes halogenated alkanes) is 8. The second-order valence-corrected chi connectivity index (χ2v) is 8.01. The smallest absolute Gasteiger partial charge is 0.134 e. The number of hydrogen-bond acceptors (Lipinski definition) is 1. The van der Waals surface area contributed by atoms with E-state index in [4.69, 9.17) is 4.74 Å². The fraction of sp³-hybridized carbons (Fsp3) is 0.481. The number of rotatable bonds is 12. The lowest BCUT2D eigenvalue weighted by atomic mass is 9.99. The SMILES string of the molecule is CCCCCCCCCCCOc1c2ccccc2cc2ccc(CC)cc12. The van der Waals surface area contributed by atoms with Gasteiger partial charge in [0.2, 0.25) is 0 Å². The second kappa shape index (κ2) is 11.1. The van der Waals surface area contributed by atoms with Gasteiger partial charge in [0.1, 0.15) is 5.75 Å². The minimum absolute atomic E-state index is 0.815. The molecule has 0 aliphatic carbocycles. The maximum atomic E-state index is 6.39. The van der Waals surface area contributed by atoms with E-state index in [2.05, 4.69) is 62.4 Å². The minimum atomic E-state index is 0.815. The van der Waals surface area contributed by atoms with Gasteiger partial charge in [-0.25, -0.2) is 0 Å². The van der Waals surface area contributed by atoms with Gasteiger partial charge in [-0.1, -0.05) is 102 Å². The maximum Gasteiger partial charge on any atom is 0.134 e. The topological polar surface area (TPSA) is 9.23 Å². The molecule has 1 heteroatoms. The molecule has 0 aliphatic rings. The molecule has 0 atom stereocenters. The van der Waals surface area contributed by atoms with Gasteiger partial charge >= 0.3 is 0 Å². The predicted octanol–water partition coefficient (Wildman–Crippen LogP) is 8.47. The number of fused-ring (bicyclic) bond motifs is 2. The molecule has 0 bridgehead atoms. The highest BCUT2D eigenvalue weighted by Gasteiger charge is 2.09. The van der Waals surface area contributed by atoms with Crippen molar-refractivity contribution < 1.29 is 4.74 Å². The molecule has 0 heterocycles. The predicted molar refractivity (Wildman–Crippen MR) is 124 cm³/mol. The molecule has 0 radical (unpaired) electrons. The highest BCUT2D eigenvalue weighted by molar-refractivity contribution is 6.05. The summed E-state index contributed by atoms with van der Waals surface area (Å²) >= 11 is 0. The molecule has 3 rings (SSSR count). The summed E-state index contributed by atoms with van der Waals surface area (Å²) in [7, 11) is 0. The second-order valence-electron chi connectivity index (χ2n) is 8.01. The molecule has 28 heavy (non-hydrogen) atoms. The fourth-order valence-electron chi connectivity index (χ4n) is 4.03. The Hall–Kier alpha value is -2.02. The summed E-state index contributed by atoms with van der Waals surface area (Å²) in [4.78, 5) is 0. The van der Waals surface area contributed by atoms with Gasteiger partial charge in [0.05, 0.1) is 6.61 Å². The van der Waals surface area contributed by atoms with E-state index in [9.17, 15) is 0 Å². The lowest BCUT2D eigenvalue weighted by molar-refractivity contribution is 0.311. The van der Waals surface area contributed by atoms with Crippen LogP contribution < -0.4 is 4.74 Å². The van der Waals surface area contributed by atoms with Crippen molar-refractivity contribution in [2.24, 2.45) is 0 Å². The van der Waals surface area contributed by atoms with Crippen molar-refractivity contribution in [3.63, 3.8) is 0 Å². The van der Waals surface area contributed by atoms with Gasteiger partial charge in [-0.15, -0.1) is 0 Å². The van der Waals surface area contributed by atoms with Gasteiger partial charge in [-0.2, -0.15) is 0 Å². The number of benzene rings is 3. The van der Waals surface area contributed by atoms with Crippen LogP contribution in [0.3, 0.4) is 0 Å². The molecule has 0 N–H and O–H groups in total. The lowest BCUT2D eigenvalue weighted by Gasteiger charge is -2.14. The van der Waals surface area contributed by atoms with Crippen molar-refractivity contribution in [3.8, 4) is 5.75 Å². The molecule has 0 saturated carbocycles. The Labute approximate surface area is 171 Å². The van der Waals surface area contributed by atoms with Crippen LogP contribution in [0.25, 0.3) is 21.5 Å². The third-order valence-electron chi connectivity index (χ3n) is 5.78. The third-order valence-corrected chi connectivity index (χ3v) is 5.78. The number of hydrogen-bond donors (Lipinski definition) is 0. The van der Waals surface area contributed by atoms with Gasteiger partial charge in [0, 0.05) is 10.8 Å². The minimum Gasteiger partial charge on any atom is -0.492 e. The van der Waals surface area contributed by atoms with E-state index < -0.39 is 0 Å². The zero-order valence-electron chi connectivity index (χ0n) is 17.8. The van der Waals surface area contributed by atoms with Crippen LogP contribution in [-0.4, -0.2) is 6.61 Å². The van der Waals surface area contributed by atoms with Crippen molar-refractivity contribution in [2.75, 3.05) is 6.61 Å². The molecular weight excluding hydrogens is 340 g/mol. The fourth-order valence-corrected chi connectivity index (χ4v) is 4.03. The molecule has 0 spiro atoms. The Morgan fingerprint density at radius 3 is 2.07 bits per heavy atom. The van der Waals surface area contributed by atoms with E-state index in [1.165, 1.54) is 78.5 Å². The molecule has 0 amide bonds. The van der Waals surface area contributed by atoms with E-state index in [0.717, 1.165) is 25.2 Å². The molecular formula is C27H36O. The summed E-state index contributed by atoms with van der Waals surface area (Å²) in [5.74, 6) is 1.07. The molecule has 150 valence electrons. The van der Waals surface area contributed by atoms with Crippen LogP contribution in [0.4, 0.5) is 0 Å². The largest absolute Gasteiger partial charge is 0.492 e. The third kappa shape index (κ3) is 5.50. The van der Waals surface area contributed by atoms with Crippen LogP contribution in [0.5, 0.6) is 5.75 Å². The first kappa shape index (κ1) is 20.7. The Balaban J connectivity index is 1.60. The van der Waals surface area contributed by atoms with Crippen molar-refractivity contribution in [1.29, 1.82) is 0 Å². The quantitative estimate of drug-likeness (QED) is 0.227. The summed E-state index contributed by atoms with van der Waals surface area (Å²) in [5, 5.41) is 5.03. The first-order valence-electron chi connectivity index (χ1n) is 11.4. The molecule has 0 saturated heterocycles. The summed E-state index contributed by atoms with van der Waals surface area (Å²) < 4.78 is 6.39. The molecule has 3 aromatic carbocycles. The molecule has 1 nitrogen and oxygen atoms in total. The van der Waals surface area contributed by atoms with E-state index >= 15 is 0 Å². The Bertz CT molecular complexity index is 865. The van der Waals surface area contributed by atoms with Gasteiger partial charge < -0.3 is 4.74 Å². The van der Waals surface area contributed by atoms with Gasteiger partial charge in [0.15, 0.2) is 0 Å². The van der Waals surface area contributed by atoms with Gasteiger partial charge in [-0.05, 0) is 41.3 Å². The average Bonchev–Trinajstić information content (AvgIpc) is 2.74. The molecule has 3 aromatic rings. The zero-order chi connectivity index (χ0) is 19.6. The first-order chi connectivity index (χ1) is 13.8. The Kier molecular flexibility index (Phi) is 8.21. The van der Waals surface area contributed by atoms with Crippen LogP contribution >= 0.6 is 0 Å². The van der Waals surface area contributed by atoms with E-state index in [1.54, 1.807) is 0 Å². The number of ether oxygens (including phenoxy) is 1. The standard InChI is InChI=1S/C27H36O/c1-3-5-6-7-8-9-10-11-14-19-28-27-25-16-13-12-15-23(25)21-24-18-17-22(4-2)20-26(24)27/h12-13,15-18,20-21H,3-11,14,19H2,1-2H3. The number of aryl methyl sites for hydroxylation is 1. The van der Waals surface area contributed by atoms with Crippen LogP contribution in [0, 0.1) is 0 Å². The molecule has 0 unspecified atom stereocenters. The summed E-state index contributed by atoms with van der Waals surface area (Å²) in [6.07, 6.45) is 13.1. The van der Waals surface area contributed by atoms with Gasteiger partial charge in [-0.3, -0.25) is 0 Å². The van der Waals surface area contributed by atoms with E-state index in [1.807, 2.05) is 0 Å². The van der Waals surface area contributed by atoms with Crippen molar-refractivity contribution >= 4 is 21.5 Å². The zero-order valence-corrected chi connectivity index (χ0v) is 17.8. The first-order valence-corrected chi connectivity index (χ1v) is 11.4. The van der Waals surface area contributed by atoms with Crippen molar-refractivity contribution in [3.05, 3.63) is 54.1 Å². The van der Waals surface area contributed by atoms with Crippen LogP contribution in [-0.2, 0) is 6.42 Å². The normalized spacial score (nSPS) is 11.4. The highest BCUT2D eigenvalue weighted by atomic mass is 16.5. The average molecular weight is 377 g/mol. The highest BCUT2D eigenvalue weighted by Crippen LogP contribution is 2.35. The van der Waals surface area contributed by atoms with Crippen LogP contribution in [0.2, 0.25) is 0 Å². The lowest BCUT2D eigenvalue weighted by Crippen LogP contribution is -1.99. The molecule has 0 fully saturated rings. The van der Waals surface area contributed by atoms with Gasteiger partial charge in [0.25, 0.3) is 0 Å². The Morgan fingerprint density at radius 2 is 1.32 bits per heavy atom. The van der Waals surface area contributed by atoms with Crippen LogP contribution in [0.15, 0.2) is 48.5 Å². The van der Waals surface area contributed by atoms with Crippen molar-refractivity contribution in [2.45, 2.75) is 78.1 Å². The van der Waals surface area contributed by atoms with Crippen LogP contribution in [0.1, 0.15) is 77.2 Å². The summed E-state index contributed by atoms with van der Waals surface area (Å²) in [5.41, 5.74) is 1.37. The van der Waals surface area contributed by atoms with Crippen molar-refractivity contribution in [1.82, 2.24) is 0 Å². The summed E-state index contributed by atoms with van der Waals surface area (Å²) in [6, 6.07) is 17.7. The maximum absolute atomic E-state index is 6.39. The Morgan fingerprint density at radius 1 is 0.643 bits per heavy atom. The van der Waals surface area contributed by atoms with E-state index in [-0.39, 0.29) is 0 Å². The monoisotopic (exact) mass is 376 g/mol.